The molecule has 3 aromatic rings. The van der Waals surface area contributed by atoms with Crippen molar-refractivity contribution in [1.82, 2.24) is 14.6 Å². The average molecular weight is 356 g/mol. The van der Waals surface area contributed by atoms with Crippen LogP contribution in [-0.4, -0.2) is 25.6 Å². The van der Waals surface area contributed by atoms with Gasteiger partial charge in [0.25, 0.3) is 5.91 Å². The summed E-state index contributed by atoms with van der Waals surface area (Å²) in [6, 6.07) is 10.8. The smallest absolute Gasteiger partial charge is 0.277 e. The summed E-state index contributed by atoms with van der Waals surface area (Å²) in [5.41, 5.74) is 2.61. The second-order valence-electron chi connectivity index (χ2n) is 4.64. The number of pyridine rings is 1. The second kappa shape index (κ2) is 7.57. The Kier molecular flexibility index (Phi) is 5.04. The minimum atomic E-state index is -0.292. The molecule has 0 saturated heterocycles. The SMILES string of the molecule is O=C(Nc1ccc(NC(=S)Nc2ccncc2)cc1)c1csnn1. The third kappa shape index (κ3) is 4.31. The zero-order valence-corrected chi connectivity index (χ0v) is 13.9. The molecule has 2 aromatic heterocycles. The summed E-state index contributed by atoms with van der Waals surface area (Å²) in [6.07, 6.45) is 3.36. The van der Waals surface area contributed by atoms with Crippen LogP contribution in [0, 0.1) is 0 Å². The lowest BCUT2D eigenvalue weighted by Gasteiger charge is -2.11. The molecule has 24 heavy (non-hydrogen) atoms. The highest BCUT2D eigenvalue weighted by Gasteiger charge is 2.08. The fraction of sp³-hybridized carbons (Fsp3) is 0. The van der Waals surface area contributed by atoms with Gasteiger partial charge in [0, 0.05) is 34.8 Å². The summed E-state index contributed by atoms with van der Waals surface area (Å²) in [5, 5.41) is 14.6. The van der Waals surface area contributed by atoms with E-state index in [4.69, 9.17) is 12.2 Å². The standard InChI is InChI=1S/C15H12N6OS2/c22-14(13-9-24-21-20-13)17-10-1-3-11(4-2-10)18-15(23)19-12-5-7-16-8-6-12/h1-9H,(H,17,22)(H2,16,18,19,23). The van der Waals surface area contributed by atoms with Gasteiger partial charge in [-0.25, -0.2) is 0 Å². The number of hydrogen-bond acceptors (Lipinski definition) is 6. The van der Waals surface area contributed by atoms with E-state index in [0.29, 0.717) is 16.5 Å². The van der Waals surface area contributed by atoms with E-state index in [1.807, 2.05) is 24.3 Å². The number of amides is 1. The molecule has 9 heteroatoms. The van der Waals surface area contributed by atoms with Gasteiger partial charge in [-0.3, -0.25) is 9.78 Å². The molecule has 120 valence electrons. The van der Waals surface area contributed by atoms with E-state index < -0.39 is 0 Å². The highest BCUT2D eigenvalue weighted by molar-refractivity contribution is 7.80. The summed E-state index contributed by atoms with van der Waals surface area (Å²) in [5.74, 6) is -0.292. The zero-order valence-electron chi connectivity index (χ0n) is 12.3. The van der Waals surface area contributed by atoms with Gasteiger partial charge in [-0.1, -0.05) is 4.49 Å². The van der Waals surface area contributed by atoms with Crippen molar-refractivity contribution in [3.05, 3.63) is 59.9 Å². The number of carbonyl (C=O) groups is 1. The third-order valence-electron chi connectivity index (χ3n) is 2.93. The maximum absolute atomic E-state index is 11.9. The first kappa shape index (κ1) is 16.0. The molecule has 0 fully saturated rings. The number of aromatic nitrogens is 3. The number of hydrogen-bond donors (Lipinski definition) is 3. The van der Waals surface area contributed by atoms with Crippen molar-refractivity contribution in [2.24, 2.45) is 0 Å². The molecule has 0 unspecified atom stereocenters. The predicted molar refractivity (Wildman–Crippen MR) is 98.4 cm³/mol. The maximum Gasteiger partial charge on any atom is 0.277 e. The largest absolute Gasteiger partial charge is 0.332 e. The van der Waals surface area contributed by atoms with Crippen molar-refractivity contribution in [3.63, 3.8) is 0 Å². The predicted octanol–water partition coefficient (Wildman–Crippen LogP) is 2.99. The summed E-state index contributed by atoms with van der Waals surface area (Å²) in [4.78, 5) is 15.8. The van der Waals surface area contributed by atoms with Crippen LogP contribution in [0.25, 0.3) is 0 Å². The van der Waals surface area contributed by atoms with Crippen molar-refractivity contribution >= 4 is 51.8 Å². The Bertz CT molecular complexity index is 821. The lowest BCUT2D eigenvalue weighted by atomic mass is 10.2. The normalized spacial score (nSPS) is 10.0. The maximum atomic E-state index is 11.9. The van der Waals surface area contributed by atoms with Gasteiger partial charge in [-0.15, -0.1) is 5.10 Å². The molecule has 3 N–H and O–H groups in total. The Morgan fingerprint density at radius 1 is 0.917 bits per heavy atom. The van der Waals surface area contributed by atoms with Gasteiger partial charge >= 0.3 is 0 Å². The summed E-state index contributed by atoms with van der Waals surface area (Å²) in [6.45, 7) is 0. The van der Waals surface area contributed by atoms with Crippen LogP contribution in [0.2, 0.25) is 0 Å². The van der Waals surface area contributed by atoms with E-state index in [2.05, 4.69) is 30.5 Å². The third-order valence-corrected chi connectivity index (χ3v) is 3.64. The summed E-state index contributed by atoms with van der Waals surface area (Å²) in [7, 11) is 0. The van der Waals surface area contributed by atoms with Crippen LogP contribution in [0.1, 0.15) is 10.5 Å². The van der Waals surface area contributed by atoms with Crippen LogP contribution in [0.3, 0.4) is 0 Å². The second-order valence-corrected chi connectivity index (χ2v) is 5.65. The van der Waals surface area contributed by atoms with Crippen LogP contribution in [-0.2, 0) is 0 Å². The molecule has 2 heterocycles. The topological polar surface area (TPSA) is 91.8 Å². The molecule has 1 amide bonds. The molecular formula is C15H12N6OS2. The quantitative estimate of drug-likeness (QED) is 0.619. The Balaban J connectivity index is 1.56. The van der Waals surface area contributed by atoms with Gasteiger partial charge in [-0.2, -0.15) is 0 Å². The van der Waals surface area contributed by atoms with Crippen LogP contribution < -0.4 is 16.0 Å². The summed E-state index contributed by atoms with van der Waals surface area (Å²) >= 11 is 6.38. The number of rotatable bonds is 4. The van der Waals surface area contributed by atoms with E-state index in [1.165, 1.54) is 0 Å². The number of nitrogens with one attached hydrogen (secondary N) is 3. The number of thiocarbonyl (C=S) groups is 1. The molecular weight excluding hydrogens is 344 g/mol. The van der Waals surface area contributed by atoms with E-state index in [1.54, 1.807) is 29.9 Å². The van der Waals surface area contributed by atoms with Gasteiger partial charge in [0.1, 0.15) is 0 Å². The number of carbonyl (C=O) groups excluding carboxylic acids is 1. The number of benzene rings is 1. The van der Waals surface area contributed by atoms with E-state index in [9.17, 15) is 4.79 Å². The highest BCUT2D eigenvalue weighted by Crippen LogP contribution is 2.15. The van der Waals surface area contributed by atoms with Crippen LogP contribution >= 0.6 is 23.8 Å². The van der Waals surface area contributed by atoms with Crippen LogP contribution in [0.4, 0.5) is 17.1 Å². The van der Waals surface area contributed by atoms with Crippen LogP contribution in [0.5, 0.6) is 0 Å². The molecule has 0 radical (unpaired) electrons. The van der Waals surface area contributed by atoms with Crippen molar-refractivity contribution in [2.75, 3.05) is 16.0 Å². The first-order valence-electron chi connectivity index (χ1n) is 6.87. The van der Waals surface area contributed by atoms with Crippen molar-refractivity contribution < 1.29 is 4.79 Å². The molecule has 0 aliphatic rings. The zero-order chi connectivity index (χ0) is 16.8. The van der Waals surface area contributed by atoms with Gasteiger partial charge in [0.2, 0.25) is 0 Å². The molecule has 0 aliphatic heterocycles. The Labute approximate surface area is 147 Å². The molecule has 0 aliphatic carbocycles. The molecule has 0 bridgehead atoms. The summed E-state index contributed by atoms with van der Waals surface area (Å²) < 4.78 is 3.66. The van der Waals surface area contributed by atoms with Gasteiger partial charge < -0.3 is 16.0 Å². The Morgan fingerprint density at radius 3 is 2.08 bits per heavy atom. The van der Waals surface area contributed by atoms with Gasteiger partial charge in [0.05, 0.1) is 0 Å². The number of nitrogens with zero attached hydrogens (tertiary/aromatic N) is 3. The van der Waals surface area contributed by atoms with Crippen molar-refractivity contribution in [1.29, 1.82) is 0 Å². The molecule has 3 rings (SSSR count). The first-order valence-corrected chi connectivity index (χ1v) is 8.12. The van der Waals surface area contributed by atoms with Gasteiger partial charge in [0.15, 0.2) is 10.8 Å². The molecule has 7 nitrogen and oxygen atoms in total. The van der Waals surface area contributed by atoms with Crippen LogP contribution in [0.15, 0.2) is 54.2 Å². The van der Waals surface area contributed by atoms with E-state index in [-0.39, 0.29) is 5.91 Å². The first-order chi connectivity index (χ1) is 11.7. The molecule has 0 spiro atoms. The fourth-order valence-corrected chi connectivity index (χ4v) is 2.50. The van der Waals surface area contributed by atoms with Crippen molar-refractivity contribution in [2.45, 2.75) is 0 Å². The Morgan fingerprint density at radius 2 is 1.50 bits per heavy atom. The van der Waals surface area contributed by atoms with E-state index in [0.717, 1.165) is 22.9 Å². The fourth-order valence-electron chi connectivity index (χ4n) is 1.82. The van der Waals surface area contributed by atoms with Gasteiger partial charge in [-0.05, 0) is 60.1 Å². The molecule has 0 atom stereocenters. The van der Waals surface area contributed by atoms with Crippen molar-refractivity contribution in [3.8, 4) is 0 Å². The Hall–Kier alpha value is -2.91. The average Bonchev–Trinajstić information content (AvgIpc) is 3.12. The molecule has 1 aromatic carbocycles. The minimum Gasteiger partial charge on any atom is -0.332 e. The monoisotopic (exact) mass is 356 g/mol. The minimum absolute atomic E-state index is 0.292. The highest BCUT2D eigenvalue weighted by atomic mass is 32.1. The number of anilines is 3. The molecule has 0 saturated carbocycles. The lowest BCUT2D eigenvalue weighted by Crippen LogP contribution is -2.19. The lowest BCUT2D eigenvalue weighted by molar-refractivity contribution is 0.102. The van der Waals surface area contributed by atoms with E-state index >= 15 is 0 Å².